The minimum absolute atomic E-state index is 0.0227. The van der Waals surface area contributed by atoms with E-state index in [1.807, 2.05) is 6.07 Å². The van der Waals surface area contributed by atoms with Crippen molar-refractivity contribution in [1.29, 1.82) is 0 Å². The molecule has 0 bridgehead atoms. The summed E-state index contributed by atoms with van der Waals surface area (Å²) in [7, 11) is 0. The lowest BCUT2D eigenvalue weighted by atomic mass is 9.87. The average Bonchev–Trinajstić information content (AvgIpc) is 2.55. The van der Waals surface area contributed by atoms with Gasteiger partial charge in [0.2, 0.25) is 0 Å². The van der Waals surface area contributed by atoms with E-state index in [4.69, 9.17) is 4.42 Å². The number of hydrogen-bond donors (Lipinski definition) is 2. The quantitative estimate of drug-likeness (QED) is 0.719. The van der Waals surface area contributed by atoms with Gasteiger partial charge in [-0.25, -0.2) is 4.79 Å². The molecule has 5 heteroatoms. The van der Waals surface area contributed by atoms with Gasteiger partial charge in [-0.15, -0.1) is 0 Å². The highest BCUT2D eigenvalue weighted by Crippen LogP contribution is 2.38. The van der Waals surface area contributed by atoms with Crippen LogP contribution in [0, 0.1) is 0 Å². The molecule has 24 heavy (non-hydrogen) atoms. The molecule has 1 atom stereocenters. The van der Waals surface area contributed by atoms with Gasteiger partial charge in [-0.2, -0.15) is 0 Å². The Morgan fingerprint density at radius 1 is 1.08 bits per heavy atom. The Morgan fingerprint density at radius 2 is 1.79 bits per heavy atom. The Hall–Kier alpha value is -3.08. The van der Waals surface area contributed by atoms with Crippen LogP contribution in [0.15, 0.2) is 57.7 Å². The molecule has 3 rings (SSSR count). The summed E-state index contributed by atoms with van der Waals surface area (Å²) < 4.78 is 5.21. The summed E-state index contributed by atoms with van der Waals surface area (Å²) in [5.74, 6) is -1.23. The maximum atomic E-state index is 12.5. The number of phenols is 1. The minimum atomic E-state index is -0.767. The molecule has 1 heterocycles. The van der Waals surface area contributed by atoms with E-state index in [2.05, 4.69) is 0 Å². The molecule has 0 spiro atoms. The summed E-state index contributed by atoms with van der Waals surface area (Å²) in [5, 5.41) is 20.7. The summed E-state index contributed by atoms with van der Waals surface area (Å²) in [6.07, 6.45) is 0.0622. The predicted octanol–water partition coefficient (Wildman–Crippen LogP) is 3.32. The molecule has 1 aromatic heterocycles. The van der Waals surface area contributed by atoms with Crippen molar-refractivity contribution in [2.24, 2.45) is 0 Å². The fourth-order valence-electron chi connectivity index (χ4n) is 2.87. The third-order valence-corrected chi connectivity index (χ3v) is 3.96. The van der Waals surface area contributed by atoms with Gasteiger partial charge in [0.15, 0.2) is 11.3 Å². The lowest BCUT2D eigenvalue weighted by Gasteiger charge is -2.17. The van der Waals surface area contributed by atoms with Gasteiger partial charge in [0.05, 0.1) is 10.9 Å². The summed E-state index contributed by atoms with van der Waals surface area (Å²) >= 11 is 0. The molecule has 5 nitrogen and oxygen atoms in total. The zero-order valence-electron chi connectivity index (χ0n) is 13.0. The number of aromatic hydroxyl groups is 2. The molecule has 3 aromatic rings. The number of phenolic OH excluding ortho intramolecular Hbond substituents is 1. The SMILES string of the molecule is CC(=O)C[C@@H](c1ccccc1)c1c(O)c2cccc(O)c2oc1=O. The van der Waals surface area contributed by atoms with Crippen LogP contribution >= 0.6 is 0 Å². The van der Waals surface area contributed by atoms with Gasteiger partial charge in [0.25, 0.3) is 0 Å². The van der Waals surface area contributed by atoms with Gasteiger partial charge in [-0.3, -0.25) is 4.79 Å². The first kappa shape index (κ1) is 15.8. The van der Waals surface area contributed by atoms with E-state index in [0.717, 1.165) is 5.56 Å². The second kappa shape index (κ2) is 6.20. The van der Waals surface area contributed by atoms with Crippen molar-refractivity contribution < 1.29 is 19.4 Å². The lowest BCUT2D eigenvalue weighted by molar-refractivity contribution is -0.117. The molecular weight excluding hydrogens is 308 g/mol. The van der Waals surface area contributed by atoms with Crippen LogP contribution in [0.3, 0.4) is 0 Å². The number of ketones is 1. The Morgan fingerprint density at radius 3 is 2.46 bits per heavy atom. The molecule has 2 N–H and O–H groups in total. The van der Waals surface area contributed by atoms with Crippen molar-refractivity contribution in [3.63, 3.8) is 0 Å². The molecule has 2 aromatic carbocycles. The molecule has 0 aliphatic heterocycles. The number of carbonyl (C=O) groups excluding carboxylic acids is 1. The zero-order valence-corrected chi connectivity index (χ0v) is 13.0. The van der Waals surface area contributed by atoms with Crippen molar-refractivity contribution in [1.82, 2.24) is 0 Å². The van der Waals surface area contributed by atoms with Gasteiger partial charge in [-0.05, 0) is 24.6 Å². The average molecular weight is 324 g/mol. The van der Waals surface area contributed by atoms with Gasteiger partial charge >= 0.3 is 5.63 Å². The Kier molecular flexibility index (Phi) is 4.08. The van der Waals surface area contributed by atoms with Crippen molar-refractivity contribution in [2.45, 2.75) is 19.3 Å². The maximum Gasteiger partial charge on any atom is 0.343 e. The molecule has 0 aliphatic carbocycles. The lowest BCUT2D eigenvalue weighted by Crippen LogP contribution is -2.16. The highest BCUT2D eigenvalue weighted by molar-refractivity contribution is 5.89. The van der Waals surface area contributed by atoms with E-state index in [9.17, 15) is 19.8 Å². The third kappa shape index (κ3) is 2.76. The van der Waals surface area contributed by atoms with E-state index >= 15 is 0 Å². The maximum absolute atomic E-state index is 12.5. The Balaban J connectivity index is 2.29. The van der Waals surface area contributed by atoms with Crippen LogP contribution in [-0.2, 0) is 4.79 Å². The van der Waals surface area contributed by atoms with E-state index < -0.39 is 11.5 Å². The number of para-hydroxylation sites is 1. The van der Waals surface area contributed by atoms with Crippen LogP contribution in [0.25, 0.3) is 11.0 Å². The third-order valence-electron chi connectivity index (χ3n) is 3.96. The highest BCUT2D eigenvalue weighted by atomic mass is 16.4. The van der Waals surface area contributed by atoms with Gasteiger partial charge < -0.3 is 14.6 Å². The fourth-order valence-corrected chi connectivity index (χ4v) is 2.87. The van der Waals surface area contributed by atoms with Crippen LogP contribution in [0.1, 0.15) is 30.4 Å². The van der Waals surface area contributed by atoms with Gasteiger partial charge in [0, 0.05) is 12.3 Å². The summed E-state index contributed by atoms with van der Waals surface area (Å²) in [6.45, 7) is 1.43. The largest absolute Gasteiger partial charge is 0.507 e. The van der Waals surface area contributed by atoms with Crippen LogP contribution in [0.5, 0.6) is 11.5 Å². The first-order valence-electron chi connectivity index (χ1n) is 7.51. The standard InChI is InChI=1S/C19H16O5/c1-11(20)10-14(12-6-3-2-4-7-12)16-17(22)13-8-5-9-15(21)18(13)24-19(16)23/h2-9,14,21-22H,10H2,1H3/t14-/m0/s1. The van der Waals surface area contributed by atoms with E-state index in [0.29, 0.717) is 0 Å². The number of hydrogen-bond acceptors (Lipinski definition) is 5. The first-order chi connectivity index (χ1) is 11.5. The second-order valence-corrected chi connectivity index (χ2v) is 5.68. The van der Waals surface area contributed by atoms with Crippen molar-refractivity contribution in [2.75, 3.05) is 0 Å². The fraction of sp³-hybridized carbons (Fsp3) is 0.158. The highest BCUT2D eigenvalue weighted by Gasteiger charge is 2.26. The first-order valence-corrected chi connectivity index (χ1v) is 7.51. The van der Waals surface area contributed by atoms with Crippen molar-refractivity contribution in [3.8, 4) is 11.5 Å². The molecule has 122 valence electrons. The summed E-state index contributed by atoms with van der Waals surface area (Å²) in [5.41, 5.74) is -0.0840. The predicted molar refractivity (Wildman–Crippen MR) is 89.4 cm³/mol. The number of carbonyl (C=O) groups is 1. The zero-order chi connectivity index (χ0) is 17.3. The van der Waals surface area contributed by atoms with Crippen molar-refractivity contribution in [3.05, 3.63) is 70.1 Å². The molecular formula is C19H16O5. The Bertz CT molecular complexity index is 957. The molecule has 0 aliphatic rings. The normalized spacial score (nSPS) is 12.2. The van der Waals surface area contributed by atoms with E-state index in [-0.39, 0.29) is 40.2 Å². The Labute approximate surface area is 137 Å². The van der Waals surface area contributed by atoms with Crippen LogP contribution in [0.4, 0.5) is 0 Å². The molecule has 0 saturated carbocycles. The minimum Gasteiger partial charge on any atom is -0.507 e. The number of fused-ring (bicyclic) bond motifs is 1. The molecule has 0 unspecified atom stereocenters. The molecule has 0 saturated heterocycles. The van der Waals surface area contributed by atoms with E-state index in [1.165, 1.54) is 13.0 Å². The van der Waals surface area contributed by atoms with Crippen molar-refractivity contribution >= 4 is 16.8 Å². The molecule has 0 amide bonds. The topological polar surface area (TPSA) is 87.7 Å². The summed E-state index contributed by atoms with van der Waals surface area (Å²) in [4.78, 5) is 24.1. The van der Waals surface area contributed by atoms with Crippen LogP contribution < -0.4 is 5.63 Å². The smallest absolute Gasteiger partial charge is 0.343 e. The molecule has 0 fully saturated rings. The summed E-state index contributed by atoms with van der Waals surface area (Å²) in [6, 6.07) is 13.5. The number of benzene rings is 2. The number of Topliss-reactive ketones (excluding diaryl/α,β-unsaturated/α-hetero) is 1. The second-order valence-electron chi connectivity index (χ2n) is 5.68. The van der Waals surface area contributed by atoms with Crippen LogP contribution in [-0.4, -0.2) is 16.0 Å². The van der Waals surface area contributed by atoms with E-state index in [1.54, 1.807) is 36.4 Å². The van der Waals surface area contributed by atoms with Crippen LogP contribution in [0.2, 0.25) is 0 Å². The van der Waals surface area contributed by atoms with Gasteiger partial charge in [0.1, 0.15) is 11.5 Å². The molecule has 0 radical (unpaired) electrons. The monoisotopic (exact) mass is 324 g/mol. The number of rotatable bonds is 4. The van der Waals surface area contributed by atoms with Gasteiger partial charge in [-0.1, -0.05) is 36.4 Å².